The molecule has 0 nitrogen and oxygen atoms in total. The fourth-order valence-electron chi connectivity index (χ4n) is 2.79. The zero-order valence-electron chi connectivity index (χ0n) is 9.32. The molecule has 1 unspecified atom stereocenters. The van der Waals surface area contributed by atoms with Crippen LogP contribution in [0.15, 0.2) is 12.1 Å². The fourth-order valence-corrected chi connectivity index (χ4v) is 4.19. The Morgan fingerprint density at radius 1 is 1.21 bits per heavy atom. The van der Waals surface area contributed by atoms with Crippen LogP contribution in [0.25, 0.3) is 0 Å². The molecule has 0 aromatic heterocycles. The summed E-state index contributed by atoms with van der Waals surface area (Å²) in [5.41, 5.74) is 6.31. The van der Waals surface area contributed by atoms with E-state index in [-0.39, 0.29) is 0 Å². The molecular formula is C13H17Br. The lowest BCUT2D eigenvalue weighted by Gasteiger charge is -2.21. The van der Waals surface area contributed by atoms with E-state index in [1.165, 1.54) is 23.1 Å². The highest BCUT2D eigenvalue weighted by molar-refractivity contribution is 9.09. The highest BCUT2D eigenvalue weighted by atomic mass is 79.9. The minimum atomic E-state index is 0.333. The van der Waals surface area contributed by atoms with Gasteiger partial charge in [0.15, 0.2) is 0 Å². The minimum Gasteiger partial charge on any atom is -0.0838 e. The summed E-state index contributed by atoms with van der Waals surface area (Å²) in [5.74, 6) is 0. The van der Waals surface area contributed by atoms with Gasteiger partial charge in [0.25, 0.3) is 0 Å². The molecule has 0 saturated heterocycles. The molecule has 0 aliphatic heterocycles. The van der Waals surface area contributed by atoms with Crippen molar-refractivity contribution in [1.82, 2.24) is 0 Å². The van der Waals surface area contributed by atoms with E-state index < -0.39 is 0 Å². The van der Waals surface area contributed by atoms with Gasteiger partial charge in [-0.25, -0.2) is 0 Å². The van der Waals surface area contributed by atoms with Crippen LogP contribution in [0, 0.1) is 13.8 Å². The van der Waals surface area contributed by atoms with Gasteiger partial charge in [0.1, 0.15) is 0 Å². The molecule has 14 heavy (non-hydrogen) atoms. The average Bonchev–Trinajstić information content (AvgIpc) is 2.30. The first-order chi connectivity index (χ1) is 6.43. The van der Waals surface area contributed by atoms with Crippen LogP contribution in [0.2, 0.25) is 0 Å². The average molecular weight is 253 g/mol. The number of halogens is 1. The maximum absolute atomic E-state index is 3.80. The SMILES string of the molecule is Cc1ccc(C)c2c1C(Br)CC2(C)C. The van der Waals surface area contributed by atoms with Gasteiger partial charge in [0, 0.05) is 4.83 Å². The van der Waals surface area contributed by atoms with Crippen molar-refractivity contribution in [3.8, 4) is 0 Å². The predicted molar refractivity (Wildman–Crippen MR) is 65.2 cm³/mol. The molecule has 1 aromatic carbocycles. The van der Waals surface area contributed by atoms with Crippen LogP contribution in [-0.4, -0.2) is 0 Å². The van der Waals surface area contributed by atoms with E-state index in [9.17, 15) is 0 Å². The normalized spacial score (nSPS) is 23.6. The molecule has 0 bridgehead atoms. The van der Waals surface area contributed by atoms with Gasteiger partial charge in [-0.1, -0.05) is 41.9 Å². The standard InChI is InChI=1S/C13H17Br/c1-8-5-6-9(2)12-11(8)10(14)7-13(12,3)4/h5-6,10H,7H2,1-4H3. The molecule has 76 valence electrons. The Morgan fingerprint density at radius 2 is 1.79 bits per heavy atom. The summed E-state index contributed by atoms with van der Waals surface area (Å²) in [6, 6.07) is 4.49. The summed E-state index contributed by atoms with van der Waals surface area (Å²) in [4.78, 5) is 0.549. The summed E-state index contributed by atoms with van der Waals surface area (Å²) < 4.78 is 0. The Kier molecular flexibility index (Phi) is 2.26. The molecule has 1 aromatic rings. The third kappa shape index (κ3) is 1.33. The van der Waals surface area contributed by atoms with Crippen molar-refractivity contribution in [2.75, 3.05) is 0 Å². The quantitative estimate of drug-likeness (QED) is 0.600. The maximum atomic E-state index is 3.80. The van der Waals surface area contributed by atoms with Gasteiger partial charge in [0.2, 0.25) is 0 Å². The molecule has 1 heteroatoms. The van der Waals surface area contributed by atoms with Crippen LogP contribution < -0.4 is 0 Å². The van der Waals surface area contributed by atoms with E-state index in [1.54, 1.807) is 5.56 Å². The first kappa shape index (κ1) is 10.2. The lowest BCUT2D eigenvalue weighted by atomic mass is 9.83. The fraction of sp³-hybridized carbons (Fsp3) is 0.538. The molecule has 0 spiro atoms. The minimum absolute atomic E-state index is 0.333. The molecule has 1 aliphatic carbocycles. The van der Waals surface area contributed by atoms with Crippen molar-refractivity contribution in [1.29, 1.82) is 0 Å². The zero-order chi connectivity index (χ0) is 10.5. The Bertz CT molecular complexity index is 377. The summed E-state index contributed by atoms with van der Waals surface area (Å²) in [5, 5.41) is 0. The van der Waals surface area contributed by atoms with Crippen molar-refractivity contribution in [3.05, 3.63) is 34.4 Å². The van der Waals surface area contributed by atoms with E-state index in [4.69, 9.17) is 0 Å². The highest BCUT2D eigenvalue weighted by Crippen LogP contribution is 2.50. The van der Waals surface area contributed by atoms with Gasteiger partial charge in [-0.05, 0) is 47.9 Å². The Hall–Kier alpha value is -0.300. The zero-order valence-corrected chi connectivity index (χ0v) is 10.9. The number of hydrogen-bond donors (Lipinski definition) is 0. The Balaban J connectivity index is 2.73. The summed E-state index contributed by atoms with van der Waals surface area (Å²) in [6.45, 7) is 9.14. The Morgan fingerprint density at radius 3 is 2.36 bits per heavy atom. The number of benzene rings is 1. The summed E-state index contributed by atoms with van der Waals surface area (Å²) in [6.07, 6.45) is 1.22. The lowest BCUT2D eigenvalue weighted by Crippen LogP contribution is -2.13. The van der Waals surface area contributed by atoms with Crippen LogP contribution >= 0.6 is 15.9 Å². The number of hydrogen-bond acceptors (Lipinski definition) is 0. The van der Waals surface area contributed by atoms with Crippen LogP contribution in [0.5, 0.6) is 0 Å². The molecule has 2 rings (SSSR count). The number of fused-ring (bicyclic) bond motifs is 1. The van der Waals surface area contributed by atoms with Gasteiger partial charge in [-0.15, -0.1) is 0 Å². The van der Waals surface area contributed by atoms with Crippen LogP contribution in [0.1, 0.15) is 47.3 Å². The van der Waals surface area contributed by atoms with Crippen LogP contribution in [0.4, 0.5) is 0 Å². The monoisotopic (exact) mass is 252 g/mol. The molecule has 0 saturated carbocycles. The number of alkyl halides is 1. The smallest absolute Gasteiger partial charge is 0.0409 e. The second-order valence-corrected chi connectivity index (χ2v) is 6.15. The third-order valence-corrected chi connectivity index (χ3v) is 4.13. The molecule has 1 atom stereocenters. The van der Waals surface area contributed by atoms with Crippen molar-refractivity contribution >= 4 is 15.9 Å². The van der Waals surface area contributed by atoms with E-state index in [2.05, 4.69) is 55.8 Å². The number of aryl methyl sites for hydroxylation is 2. The van der Waals surface area contributed by atoms with E-state index in [1.807, 2.05) is 0 Å². The maximum Gasteiger partial charge on any atom is 0.0409 e. The van der Waals surface area contributed by atoms with Crippen LogP contribution in [0.3, 0.4) is 0 Å². The van der Waals surface area contributed by atoms with E-state index in [0.717, 1.165) is 0 Å². The van der Waals surface area contributed by atoms with E-state index >= 15 is 0 Å². The summed E-state index contributed by atoms with van der Waals surface area (Å²) in [7, 11) is 0. The van der Waals surface area contributed by atoms with Gasteiger partial charge in [-0.2, -0.15) is 0 Å². The molecular weight excluding hydrogens is 236 g/mol. The molecule has 0 fully saturated rings. The Labute approximate surface area is 94.8 Å². The van der Waals surface area contributed by atoms with Crippen molar-refractivity contribution in [2.45, 2.75) is 44.4 Å². The lowest BCUT2D eigenvalue weighted by molar-refractivity contribution is 0.518. The molecule has 0 heterocycles. The van der Waals surface area contributed by atoms with Crippen LogP contribution in [-0.2, 0) is 5.41 Å². The van der Waals surface area contributed by atoms with Crippen molar-refractivity contribution < 1.29 is 0 Å². The topological polar surface area (TPSA) is 0 Å². The second-order valence-electron chi connectivity index (χ2n) is 5.04. The highest BCUT2D eigenvalue weighted by Gasteiger charge is 2.37. The number of rotatable bonds is 0. The van der Waals surface area contributed by atoms with Gasteiger partial charge in [0.05, 0.1) is 0 Å². The third-order valence-electron chi connectivity index (χ3n) is 3.35. The molecule has 1 aliphatic rings. The first-order valence-electron chi connectivity index (χ1n) is 5.18. The molecule has 0 amide bonds. The second kappa shape index (κ2) is 3.10. The van der Waals surface area contributed by atoms with Crippen molar-refractivity contribution in [2.24, 2.45) is 0 Å². The van der Waals surface area contributed by atoms with Gasteiger partial charge < -0.3 is 0 Å². The summed E-state index contributed by atoms with van der Waals surface area (Å²) >= 11 is 3.80. The molecule has 0 radical (unpaired) electrons. The first-order valence-corrected chi connectivity index (χ1v) is 6.10. The van der Waals surface area contributed by atoms with Crippen molar-refractivity contribution in [3.63, 3.8) is 0 Å². The van der Waals surface area contributed by atoms with E-state index in [0.29, 0.717) is 10.2 Å². The van der Waals surface area contributed by atoms with Gasteiger partial charge >= 0.3 is 0 Å². The largest absolute Gasteiger partial charge is 0.0838 e. The molecule has 0 N–H and O–H groups in total. The predicted octanol–water partition coefficient (Wildman–Crippen LogP) is 4.42. The van der Waals surface area contributed by atoms with Gasteiger partial charge in [-0.3, -0.25) is 0 Å².